The van der Waals surface area contributed by atoms with Gasteiger partial charge in [0.05, 0.1) is 12.0 Å². The minimum Gasteiger partial charge on any atom is -0.376 e. The van der Waals surface area contributed by atoms with Gasteiger partial charge in [-0.15, -0.1) is 0 Å². The number of nitrogens with zero attached hydrogens (tertiary/aromatic N) is 1. The normalized spacial score (nSPS) is 25.3. The number of carbonyl (C=O) groups is 2. The van der Waals surface area contributed by atoms with Crippen LogP contribution in [0.15, 0.2) is 30.3 Å². The standard InChI is InChI=1S/C16H20N2O3/c19-15-9-12(11-18(15)13-5-2-1-3-6-13)16(20)17-10-14-7-4-8-21-14/h1-3,5-6,12,14H,4,7-11H2,(H,17,20)/t12-,14-/m1/s1. The number of nitrogens with one attached hydrogen (secondary N) is 1. The fourth-order valence-electron chi connectivity index (χ4n) is 2.90. The van der Waals surface area contributed by atoms with Gasteiger partial charge in [0.15, 0.2) is 0 Å². The van der Waals surface area contributed by atoms with Crippen molar-refractivity contribution in [3.8, 4) is 0 Å². The summed E-state index contributed by atoms with van der Waals surface area (Å²) < 4.78 is 5.49. The van der Waals surface area contributed by atoms with E-state index in [4.69, 9.17) is 4.74 Å². The molecule has 2 saturated heterocycles. The second-order valence-electron chi connectivity index (χ2n) is 5.62. The Kier molecular flexibility index (Phi) is 4.20. The average Bonchev–Trinajstić information content (AvgIpc) is 3.15. The molecule has 0 unspecified atom stereocenters. The summed E-state index contributed by atoms with van der Waals surface area (Å²) in [7, 11) is 0. The Hall–Kier alpha value is -1.88. The molecule has 5 nitrogen and oxygen atoms in total. The van der Waals surface area contributed by atoms with Gasteiger partial charge in [-0.05, 0) is 25.0 Å². The van der Waals surface area contributed by atoms with E-state index in [9.17, 15) is 9.59 Å². The molecule has 0 aromatic heterocycles. The zero-order valence-electron chi connectivity index (χ0n) is 12.0. The summed E-state index contributed by atoms with van der Waals surface area (Å²) in [5.74, 6) is -0.296. The van der Waals surface area contributed by atoms with Crippen molar-refractivity contribution in [1.82, 2.24) is 5.32 Å². The lowest BCUT2D eigenvalue weighted by molar-refractivity contribution is -0.126. The minimum absolute atomic E-state index is 0.0125. The average molecular weight is 288 g/mol. The molecule has 1 aromatic carbocycles. The molecule has 3 rings (SSSR count). The number of para-hydroxylation sites is 1. The molecular formula is C16H20N2O3. The number of hydrogen-bond donors (Lipinski definition) is 1. The number of amides is 2. The van der Waals surface area contributed by atoms with Gasteiger partial charge in [-0.2, -0.15) is 0 Å². The highest BCUT2D eigenvalue weighted by atomic mass is 16.5. The van der Waals surface area contributed by atoms with E-state index in [1.807, 2.05) is 30.3 Å². The van der Waals surface area contributed by atoms with Crippen LogP contribution in [-0.4, -0.2) is 37.6 Å². The zero-order valence-corrected chi connectivity index (χ0v) is 12.0. The fraction of sp³-hybridized carbons (Fsp3) is 0.500. The Bertz CT molecular complexity index is 512. The molecule has 21 heavy (non-hydrogen) atoms. The molecule has 1 aromatic rings. The molecule has 0 bridgehead atoms. The van der Waals surface area contributed by atoms with Crippen LogP contribution in [0.25, 0.3) is 0 Å². The van der Waals surface area contributed by atoms with Gasteiger partial charge in [-0.1, -0.05) is 18.2 Å². The molecular weight excluding hydrogens is 268 g/mol. The van der Waals surface area contributed by atoms with Crippen LogP contribution in [-0.2, 0) is 14.3 Å². The monoisotopic (exact) mass is 288 g/mol. The van der Waals surface area contributed by atoms with Crippen molar-refractivity contribution in [3.05, 3.63) is 30.3 Å². The summed E-state index contributed by atoms with van der Waals surface area (Å²) in [5.41, 5.74) is 0.858. The summed E-state index contributed by atoms with van der Waals surface area (Å²) in [6.45, 7) is 1.79. The van der Waals surface area contributed by atoms with Gasteiger partial charge in [0.2, 0.25) is 11.8 Å². The van der Waals surface area contributed by atoms with Crippen LogP contribution >= 0.6 is 0 Å². The maximum Gasteiger partial charge on any atom is 0.227 e. The Balaban J connectivity index is 1.55. The van der Waals surface area contributed by atoms with E-state index in [0.29, 0.717) is 13.1 Å². The number of benzene rings is 1. The fourth-order valence-corrected chi connectivity index (χ4v) is 2.90. The second-order valence-corrected chi connectivity index (χ2v) is 5.62. The molecule has 0 aliphatic carbocycles. The molecule has 2 fully saturated rings. The molecule has 2 atom stereocenters. The van der Waals surface area contributed by atoms with Crippen LogP contribution in [0, 0.1) is 5.92 Å². The maximum atomic E-state index is 12.2. The van der Waals surface area contributed by atoms with E-state index >= 15 is 0 Å². The van der Waals surface area contributed by atoms with E-state index in [1.54, 1.807) is 4.90 Å². The predicted molar refractivity (Wildman–Crippen MR) is 78.9 cm³/mol. The molecule has 1 N–H and O–H groups in total. The highest BCUT2D eigenvalue weighted by Crippen LogP contribution is 2.24. The summed E-state index contributed by atoms with van der Waals surface area (Å²) >= 11 is 0. The van der Waals surface area contributed by atoms with Gasteiger partial charge in [-0.25, -0.2) is 0 Å². The van der Waals surface area contributed by atoms with Gasteiger partial charge >= 0.3 is 0 Å². The van der Waals surface area contributed by atoms with Gasteiger partial charge in [0, 0.05) is 31.8 Å². The third kappa shape index (κ3) is 3.24. The van der Waals surface area contributed by atoms with E-state index in [2.05, 4.69) is 5.32 Å². The first-order chi connectivity index (χ1) is 10.2. The van der Waals surface area contributed by atoms with Crippen molar-refractivity contribution < 1.29 is 14.3 Å². The van der Waals surface area contributed by atoms with Crippen molar-refractivity contribution >= 4 is 17.5 Å². The summed E-state index contributed by atoms with van der Waals surface area (Å²) in [6.07, 6.45) is 2.48. The molecule has 112 valence electrons. The molecule has 0 saturated carbocycles. The predicted octanol–water partition coefficient (Wildman–Crippen LogP) is 1.33. The van der Waals surface area contributed by atoms with Gasteiger partial charge in [0.1, 0.15) is 0 Å². The van der Waals surface area contributed by atoms with Crippen LogP contribution in [0.1, 0.15) is 19.3 Å². The van der Waals surface area contributed by atoms with Gasteiger partial charge in [-0.3, -0.25) is 9.59 Å². The van der Waals surface area contributed by atoms with Crippen molar-refractivity contribution in [2.24, 2.45) is 5.92 Å². The highest BCUT2D eigenvalue weighted by molar-refractivity contribution is 6.00. The van der Waals surface area contributed by atoms with Gasteiger partial charge < -0.3 is 15.0 Å². The smallest absolute Gasteiger partial charge is 0.227 e. The Morgan fingerprint density at radius 1 is 1.33 bits per heavy atom. The molecule has 5 heteroatoms. The zero-order chi connectivity index (χ0) is 14.7. The van der Waals surface area contributed by atoms with E-state index in [0.717, 1.165) is 25.1 Å². The SMILES string of the molecule is O=C(NC[C@H]1CCCO1)[C@@H]1CC(=O)N(c2ccccc2)C1. The number of ether oxygens (including phenoxy) is 1. The van der Waals surface area contributed by atoms with Crippen LogP contribution < -0.4 is 10.2 Å². The maximum absolute atomic E-state index is 12.2. The second kappa shape index (κ2) is 6.26. The first-order valence-corrected chi connectivity index (χ1v) is 7.49. The van der Waals surface area contributed by atoms with Crippen molar-refractivity contribution in [1.29, 1.82) is 0 Å². The highest BCUT2D eigenvalue weighted by Gasteiger charge is 2.35. The first-order valence-electron chi connectivity index (χ1n) is 7.49. The molecule has 2 aliphatic heterocycles. The van der Waals surface area contributed by atoms with Crippen molar-refractivity contribution in [3.63, 3.8) is 0 Å². The van der Waals surface area contributed by atoms with Crippen LogP contribution in [0.5, 0.6) is 0 Å². The molecule has 2 aliphatic rings. The summed E-state index contributed by atoms with van der Waals surface area (Å²) in [4.78, 5) is 25.9. The lowest BCUT2D eigenvalue weighted by Gasteiger charge is -2.17. The van der Waals surface area contributed by atoms with Crippen LogP contribution in [0.3, 0.4) is 0 Å². The summed E-state index contributed by atoms with van der Waals surface area (Å²) in [6, 6.07) is 9.49. The molecule has 0 radical (unpaired) electrons. The third-order valence-electron chi connectivity index (χ3n) is 4.09. The quantitative estimate of drug-likeness (QED) is 0.909. The van der Waals surface area contributed by atoms with Crippen LogP contribution in [0.4, 0.5) is 5.69 Å². The number of carbonyl (C=O) groups excluding carboxylic acids is 2. The number of hydrogen-bond acceptors (Lipinski definition) is 3. The Morgan fingerprint density at radius 3 is 2.86 bits per heavy atom. The molecule has 2 heterocycles. The Labute approximate surface area is 124 Å². The summed E-state index contributed by atoms with van der Waals surface area (Å²) in [5, 5.41) is 2.92. The third-order valence-corrected chi connectivity index (χ3v) is 4.09. The van der Waals surface area contributed by atoms with E-state index in [1.165, 1.54) is 0 Å². The first kappa shape index (κ1) is 14.1. The minimum atomic E-state index is -0.265. The molecule has 2 amide bonds. The van der Waals surface area contributed by atoms with Gasteiger partial charge in [0.25, 0.3) is 0 Å². The number of anilines is 1. The van der Waals surface area contributed by atoms with E-state index in [-0.39, 0.29) is 30.3 Å². The Morgan fingerprint density at radius 2 is 2.14 bits per heavy atom. The topological polar surface area (TPSA) is 58.6 Å². The van der Waals surface area contributed by atoms with Crippen molar-refractivity contribution in [2.75, 3.05) is 24.6 Å². The largest absolute Gasteiger partial charge is 0.376 e. The number of rotatable bonds is 4. The lowest BCUT2D eigenvalue weighted by Crippen LogP contribution is -2.37. The van der Waals surface area contributed by atoms with Crippen LogP contribution in [0.2, 0.25) is 0 Å². The van der Waals surface area contributed by atoms with E-state index < -0.39 is 0 Å². The molecule has 0 spiro atoms. The van der Waals surface area contributed by atoms with Crippen molar-refractivity contribution in [2.45, 2.75) is 25.4 Å². The lowest BCUT2D eigenvalue weighted by atomic mass is 10.1.